The molecule has 0 aliphatic carbocycles. The van der Waals surface area contributed by atoms with Gasteiger partial charge in [0.05, 0.1) is 18.1 Å². The zero-order valence-corrected chi connectivity index (χ0v) is 13.3. The first-order chi connectivity index (χ1) is 10.4. The number of nitrogens with two attached hydrogens (primary N) is 1. The van der Waals surface area contributed by atoms with Crippen molar-refractivity contribution in [1.29, 1.82) is 0 Å². The number of aryl methyl sites for hydroxylation is 1. The molecule has 0 aromatic heterocycles. The summed E-state index contributed by atoms with van der Waals surface area (Å²) in [5.74, 6) is -0.201. The fourth-order valence-corrected chi connectivity index (χ4v) is 3.24. The van der Waals surface area contributed by atoms with Gasteiger partial charge in [0.15, 0.2) is 0 Å². The van der Waals surface area contributed by atoms with E-state index in [0.717, 1.165) is 6.54 Å². The molecule has 1 aromatic rings. The van der Waals surface area contributed by atoms with Gasteiger partial charge in [-0.15, -0.1) is 0 Å². The van der Waals surface area contributed by atoms with Crippen LogP contribution in [0.5, 0.6) is 0 Å². The minimum Gasteiger partial charge on any atom is -0.378 e. The lowest BCUT2D eigenvalue weighted by Crippen LogP contribution is -2.43. The maximum atomic E-state index is 12.0. The Morgan fingerprint density at radius 3 is 2.86 bits per heavy atom. The molecule has 1 aliphatic heterocycles. The summed E-state index contributed by atoms with van der Waals surface area (Å²) in [7, 11) is -3.81. The van der Waals surface area contributed by atoms with Gasteiger partial charge >= 0.3 is 0 Å². The number of nitrogens with one attached hydrogen (secondary N) is 2. The second-order valence-corrected chi connectivity index (χ2v) is 6.73. The van der Waals surface area contributed by atoms with Crippen molar-refractivity contribution in [3.63, 3.8) is 0 Å². The number of primary sulfonamides is 1. The predicted octanol–water partition coefficient (Wildman–Crippen LogP) is 0.213. The Morgan fingerprint density at radius 1 is 1.50 bits per heavy atom. The average Bonchev–Trinajstić information content (AvgIpc) is 2.47. The number of benzene rings is 1. The molecule has 1 amide bonds. The fourth-order valence-electron chi connectivity index (χ4n) is 2.38. The van der Waals surface area contributed by atoms with Crippen LogP contribution in [0.3, 0.4) is 0 Å². The van der Waals surface area contributed by atoms with Gasteiger partial charge in [0.25, 0.3) is 0 Å². The first kappa shape index (κ1) is 16.9. The van der Waals surface area contributed by atoms with E-state index in [-0.39, 0.29) is 23.3 Å². The molecular weight excluding hydrogens is 306 g/mol. The van der Waals surface area contributed by atoms with Crippen LogP contribution in [0, 0.1) is 0 Å². The Kier molecular flexibility index (Phi) is 5.52. The molecule has 8 heteroatoms. The number of morpholine rings is 1. The number of anilines is 1. The standard InChI is InChI=1S/C14H21N3O4S/c1-2-10-3-4-11(7-13(10)22(15,19)20)17-14(18)8-12-9-21-6-5-16-12/h3-4,7,12,16H,2,5-6,8-9H2,1H3,(H,17,18)(H2,15,19,20). The number of ether oxygens (including phenoxy) is 1. The number of amides is 1. The van der Waals surface area contributed by atoms with E-state index in [1.165, 1.54) is 6.07 Å². The molecule has 0 saturated carbocycles. The molecule has 1 aliphatic rings. The van der Waals surface area contributed by atoms with Gasteiger partial charge in [0.2, 0.25) is 15.9 Å². The minimum atomic E-state index is -3.81. The summed E-state index contributed by atoms with van der Waals surface area (Å²) in [6.07, 6.45) is 0.809. The smallest absolute Gasteiger partial charge is 0.238 e. The highest BCUT2D eigenvalue weighted by molar-refractivity contribution is 7.89. The summed E-state index contributed by atoms with van der Waals surface area (Å²) in [5, 5.41) is 11.1. The summed E-state index contributed by atoms with van der Waals surface area (Å²) in [6, 6.07) is 4.71. The number of sulfonamides is 1. The van der Waals surface area contributed by atoms with Crippen molar-refractivity contribution >= 4 is 21.6 Å². The Labute approximate surface area is 130 Å². The maximum Gasteiger partial charge on any atom is 0.238 e. The first-order valence-electron chi connectivity index (χ1n) is 7.17. The zero-order valence-electron chi connectivity index (χ0n) is 12.5. The number of carbonyl (C=O) groups is 1. The molecule has 1 saturated heterocycles. The highest BCUT2D eigenvalue weighted by Crippen LogP contribution is 2.20. The molecule has 2 rings (SSSR count). The van der Waals surface area contributed by atoms with Gasteiger partial charge in [-0.05, 0) is 24.1 Å². The van der Waals surface area contributed by atoms with Crippen LogP contribution in [0.2, 0.25) is 0 Å². The molecule has 7 nitrogen and oxygen atoms in total. The third-order valence-corrected chi connectivity index (χ3v) is 4.46. The lowest BCUT2D eigenvalue weighted by atomic mass is 10.1. The van der Waals surface area contributed by atoms with Crippen LogP contribution in [0.4, 0.5) is 5.69 Å². The van der Waals surface area contributed by atoms with Crippen LogP contribution in [-0.4, -0.2) is 40.1 Å². The molecule has 22 heavy (non-hydrogen) atoms. The van der Waals surface area contributed by atoms with E-state index >= 15 is 0 Å². The predicted molar refractivity (Wildman–Crippen MR) is 83.0 cm³/mol. The Balaban J connectivity index is 2.07. The van der Waals surface area contributed by atoms with Crippen molar-refractivity contribution < 1.29 is 17.9 Å². The van der Waals surface area contributed by atoms with E-state index in [1.807, 2.05) is 6.92 Å². The van der Waals surface area contributed by atoms with Gasteiger partial charge in [-0.25, -0.2) is 13.6 Å². The van der Waals surface area contributed by atoms with Gasteiger partial charge < -0.3 is 15.4 Å². The second kappa shape index (κ2) is 7.19. The first-order valence-corrected chi connectivity index (χ1v) is 8.71. The fraction of sp³-hybridized carbons (Fsp3) is 0.500. The van der Waals surface area contributed by atoms with Crippen LogP contribution in [0.25, 0.3) is 0 Å². The van der Waals surface area contributed by atoms with Crippen molar-refractivity contribution in [2.45, 2.75) is 30.7 Å². The monoisotopic (exact) mass is 327 g/mol. The quantitative estimate of drug-likeness (QED) is 0.716. The van der Waals surface area contributed by atoms with Gasteiger partial charge in [0, 0.05) is 24.7 Å². The van der Waals surface area contributed by atoms with Gasteiger partial charge in [0.1, 0.15) is 0 Å². The van der Waals surface area contributed by atoms with E-state index in [0.29, 0.717) is 30.9 Å². The number of rotatable bonds is 5. The zero-order chi connectivity index (χ0) is 16.2. The van der Waals surface area contributed by atoms with E-state index in [4.69, 9.17) is 9.88 Å². The van der Waals surface area contributed by atoms with E-state index in [9.17, 15) is 13.2 Å². The van der Waals surface area contributed by atoms with E-state index in [1.54, 1.807) is 12.1 Å². The Morgan fingerprint density at radius 2 is 2.27 bits per heavy atom. The highest BCUT2D eigenvalue weighted by Gasteiger charge is 2.18. The van der Waals surface area contributed by atoms with Crippen LogP contribution in [0.15, 0.2) is 23.1 Å². The van der Waals surface area contributed by atoms with Crippen molar-refractivity contribution in [2.24, 2.45) is 5.14 Å². The van der Waals surface area contributed by atoms with Crippen LogP contribution < -0.4 is 15.8 Å². The largest absolute Gasteiger partial charge is 0.378 e. The molecule has 1 heterocycles. The van der Waals surface area contributed by atoms with Crippen molar-refractivity contribution in [2.75, 3.05) is 25.1 Å². The molecule has 0 bridgehead atoms. The summed E-state index contributed by atoms with van der Waals surface area (Å²) in [5.41, 5.74) is 1.05. The van der Waals surface area contributed by atoms with E-state index < -0.39 is 10.0 Å². The Bertz CT molecular complexity index is 639. The van der Waals surface area contributed by atoms with Crippen molar-refractivity contribution in [3.8, 4) is 0 Å². The molecule has 0 spiro atoms. The van der Waals surface area contributed by atoms with Gasteiger partial charge in [-0.3, -0.25) is 4.79 Å². The third-order valence-electron chi connectivity index (χ3n) is 3.47. The molecule has 122 valence electrons. The highest BCUT2D eigenvalue weighted by atomic mass is 32.2. The normalized spacial score (nSPS) is 18.9. The summed E-state index contributed by atoms with van der Waals surface area (Å²) >= 11 is 0. The van der Waals surface area contributed by atoms with Crippen molar-refractivity contribution in [1.82, 2.24) is 5.32 Å². The lowest BCUT2D eigenvalue weighted by Gasteiger charge is -2.23. The minimum absolute atomic E-state index is 0.0265. The van der Waals surface area contributed by atoms with Crippen molar-refractivity contribution in [3.05, 3.63) is 23.8 Å². The molecule has 1 atom stereocenters. The number of hydrogen-bond acceptors (Lipinski definition) is 5. The second-order valence-electron chi connectivity index (χ2n) is 5.20. The summed E-state index contributed by atoms with van der Waals surface area (Å²) in [6.45, 7) is 3.70. The lowest BCUT2D eigenvalue weighted by molar-refractivity contribution is -0.117. The Hall–Kier alpha value is -1.48. The maximum absolute atomic E-state index is 12.0. The van der Waals surface area contributed by atoms with E-state index in [2.05, 4.69) is 10.6 Å². The summed E-state index contributed by atoms with van der Waals surface area (Å²) in [4.78, 5) is 12.1. The summed E-state index contributed by atoms with van der Waals surface area (Å²) < 4.78 is 28.5. The average molecular weight is 327 g/mol. The van der Waals surface area contributed by atoms with Crippen LogP contribution in [-0.2, 0) is 26.0 Å². The number of carbonyl (C=O) groups excluding carboxylic acids is 1. The SMILES string of the molecule is CCc1ccc(NC(=O)CC2COCCN2)cc1S(N)(=O)=O. The number of hydrogen-bond donors (Lipinski definition) is 3. The molecule has 1 aromatic carbocycles. The van der Waals surface area contributed by atoms with Crippen LogP contribution >= 0.6 is 0 Å². The molecular formula is C14H21N3O4S. The van der Waals surface area contributed by atoms with Gasteiger partial charge in [-0.2, -0.15) is 0 Å². The van der Waals surface area contributed by atoms with Gasteiger partial charge in [-0.1, -0.05) is 13.0 Å². The topological polar surface area (TPSA) is 111 Å². The molecule has 1 fully saturated rings. The molecule has 1 unspecified atom stereocenters. The molecule has 0 radical (unpaired) electrons. The van der Waals surface area contributed by atoms with Crippen LogP contribution in [0.1, 0.15) is 18.9 Å². The molecule has 4 N–H and O–H groups in total. The third kappa shape index (κ3) is 4.51.